The molecule has 0 aliphatic heterocycles. The van der Waals surface area contributed by atoms with Crippen LogP contribution in [0.15, 0.2) is 48.8 Å². The zero-order valence-corrected chi connectivity index (χ0v) is 13.0. The van der Waals surface area contributed by atoms with E-state index in [0.29, 0.717) is 21.9 Å². The van der Waals surface area contributed by atoms with Crippen LogP contribution >= 0.6 is 12.2 Å². The molecule has 1 amide bonds. The molecule has 2 aromatic heterocycles. The maximum Gasteiger partial charge on any atom is 0.270 e. The number of benzene rings is 1. The Balaban J connectivity index is 1.89. The predicted molar refractivity (Wildman–Crippen MR) is 87.3 cm³/mol. The summed E-state index contributed by atoms with van der Waals surface area (Å²) in [5.41, 5.74) is 3.99. The Labute approximate surface area is 136 Å². The molecule has 0 bridgehead atoms. The average molecular weight is 327 g/mol. The molecule has 7 nitrogen and oxygen atoms in total. The monoisotopic (exact) mass is 327 g/mol. The van der Waals surface area contributed by atoms with Crippen molar-refractivity contribution in [2.45, 2.75) is 0 Å². The second-order valence-electron chi connectivity index (χ2n) is 4.59. The molecule has 116 valence electrons. The summed E-state index contributed by atoms with van der Waals surface area (Å²) in [5, 5.41) is 6.81. The van der Waals surface area contributed by atoms with Crippen LogP contribution in [0.25, 0.3) is 11.4 Å². The molecule has 0 saturated carbocycles. The van der Waals surface area contributed by atoms with E-state index in [1.807, 2.05) is 0 Å². The molecule has 0 aliphatic carbocycles. The number of amides is 1. The lowest BCUT2D eigenvalue weighted by molar-refractivity contribution is 0.101. The van der Waals surface area contributed by atoms with E-state index < -0.39 is 0 Å². The molecule has 0 saturated heterocycles. The molecule has 0 aliphatic rings. The summed E-state index contributed by atoms with van der Waals surface area (Å²) in [4.78, 5) is 16.3. The molecule has 0 spiro atoms. The summed E-state index contributed by atoms with van der Waals surface area (Å²) >= 11 is 5.18. The number of aromatic amines is 1. The van der Waals surface area contributed by atoms with Crippen molar-refractivity contribution in [3.63, 3.8) is 0 Å². The number of carbonyl (C=O) groups is 1. The summed E-state index contributed by atoms with van der Waals surface area (Å²) in [6.07, 6.45) is 3.28. The van der Waals surface area contributed by atoms with E-state index in [0.717, 1.165) is 5.56 Å². The number of rotatable bonds is 4. The molecule has 0 fully saturated rings. The van der Waals surface area contributed by atoms with Crippen molar-refractivity contribution < 1.29 is 9.53 Å². The second kappa shape index (κ2) is 6.41. The highest BCUT2D eigenvalue weighted by atomic mass is 32.1. The van der Waals surface area contributed by atoms with Gasteiger partial charge in [-0.1, -0.05) is 0 Å². The lowest BCUT2D eigenvalue weighted by atomic mass is 10.2. The SMILES string of the molecule is COc1ccc(C(=O)Nn2c(-c3ccncc3)n[nH]c2=S)cc1. The third-order valence-corrected chi connectivity index (χ3v) is 3.45. The third kappa shape index (κ3) is 3.11. The van der Waals surface area contributed by atoms with E-state index in [1.165, 1.54) is 4.68 Å². The molecule has 0 atom stereocenters. The fraction of sp³-hybridized carbons (Fsp3) is 0.0667. The molecule has 23 heavy (non-hydrogen) atoms. The first kappa shape index (κ1) is 14.9. The first-order valence-corrected chi connectivity index (χ1v) is 7.13. The highest BCUT2D eigenvalue weighted by molar-refractivity contribution is 7.71. The second-order valence-corrected chi connectivity index (χ2v) is 4.98. The van der Waals surface area contributed by atoms with Gasteiger partial charge in [0.05, 0.1) is 7.11 Å². The van der Waals surface area contributed by atoms with Gasteiger partial charge in [-0.15, -0.1) is 0 Å². The Bertz CT molecular complexity index is 871. The zero-order chi connectivity index (χ0) is 16.2. The van der Waals surface area contributed by atoms with Crippen molar-refractivity contribution in [2.75, 3.05) is 12.5 Å². The number of carbonyl (C=O) groups excluding carboxylic acids is 1. The molecular weight excluding hydrogens is 314 g/mol. The average Bonchev–Trinajstić information content (AvgIpc) is 2.96. The van der Waals surface area contributed by atoms with Gasteiger partial charge in [0.1, 0.15) is 5.75 Å². The van der Waals surface area contributed by atoms with Crippen molar-refractivity contribution in [3.8, 4) is 17.1 Å². The first-order chi connectivity index (χ1) is 11.2. The summed E-state index contributed by atoms with van der Waals surface area (Å²) in [5.74, 6) is 0.874. The molecule has 8 heteroatoms. The molecule has 3 rings (SSSR count). The minimum absolute atomic E-state index is 0.290. The van der Waals surface area contributed by atoms with Gasteiger partial charge in [-0.3, -0.25) is 15.2 Å². The fourth-order valence-electron chi connectivity index (χ4n) is 2.00. The van der Waals surface area contributed by atoms with Crippen molar-refractivity contribution >= 4 is 18.1 Å². The van der Waals surface area contributed by atoms with Crippen LogP contribution in [0.3, 0.4) is 0 Å². The number of hydrogen-bond acceptors (Lipinski definition) is 5. The number of pyridine rings is 1. The van der Waals surface area contributed by atoms with Gasteiger partial charge in [0, 0.05) is 23.5 Å². The van der Waals surface area contributed by atoms with Gasteiger partial charge < -0.3 is 4.74 Å². The van der Waals surface area contributed by atoms with E-state index in [9.17, 15) is 4.79 Å². The van der Waals surface area contributed by atoms with Crippen LogP contribution in [0.2, 0.25) is 0 Å². The predicted octanol–water partition coefficient (Wildman–Crippen LogP) is 2.40. The minimum Gasteiger partial charge on any atom is -0.497 e. The lowest BCUT2D eigenvalue weighted by Gasteiger charge is -2.09. The molecule has 2 N–H and O–H groups in total. The Morgan fingerprint density at radius 2 is 1.91 bits per heavy atom. The number of ether oxygens (including phenoxy) is 1. The third-order valence-electron chi connectivity index (χ3n) is 3.18. The Morgan fingerprint density at radius 3 is 2.57 bits per heavy atom. The summed E-state index contributed by atoms with van der Waals surface area (Å²) in [6, 6.07) is 10.3. The number of methoxy groups -OCH3 is 1. The van der Waals surface area contributed by atoms with Crippen LogP contribution in [-0.4, -0.2) is 32.9 Å². The smallest absolute Gasteiger partial charge is 0.270 e. The summed E-state index contributed by atoms with van der Waals surface area (Å²) in [6.45, 7) is 0. The lowest BCUT2D eigenvalue weighted by Crippen LogP contribution is -2.23. The maximum absolute atomic E-state index is 12.4. The standard InChI is InChI=1S/C15H13N5O2S/c1-22-12-4-2-11(3-5-12)14(21)19-20-13(17-18-15(20)23)10-6-8-16-9-7-10/h2-9H,1H3,(H,18,23)(H,19,21). The van der Waals surface area contributed by atoms with Crippen LogP contribution in [-0.2, 0) is 0 Å². The number of nitrogens with one attached hydrogen (secondary N) is 2. The highest BCUT2D eigenvalue weighted by Crippen LogP contribution is 2.16. The number of H-pyrrole nitrogens is 1. The number of hydrogen-bond donors (Lipinski definition) is 2. The van der Waals surface area contributed by atoms with Crippen LogP contribution in [0.4, 0.5) is 0 Å². The molecule has 0 radical (unpaired) electrons. The fourth-order valence-corrected chi connectivity index (χ4v) is 2.18. The first-order valence-electron chi connectivity index (χ1n) is 6.72. The van der Waals surface area contributed by atoms with Crippen LogP contribution < -0.4 is 10.2 Å². The van der Waals surface area contributed by atoms with E-state index in [2.05, 4.69) is 20.6 Å². The van der Waals surface area contributed by atoms with Crippen molar-refractivity contribution in [3.05, 3.63) is 59.1 Å². The van der Waals surface area contributed by atoms with Crippen molar-refractivity contribution in [2.24, 2.45) is 0 Å². The zero-order valence-electron chi connectivity index (χ0n) is 12.2. The number of nitrogens with zero attached hydrogens (tertiary/aromatic N) is 3. The van der Waals surface area contributed by atoms with E-state index in [1.54, 1.807) is 55.9 Å². The van der Waals surface area contributed by atoms with Crippen molar-refractivity contribution in [1.82, 2.24) is 19.9 Å². The molecular formula is C15H13N5O2S. The highest BCUT2D eigenvalue weighted by Gasteiger charge is 2.12. The van der Waals surface area contributed by atoms with E-state index >= 15 is 0 Å². The number of aromatic nitrogens is 4. The quantitative estimate of drug-likeness (QED) is 0.719. The molecule has 2 heterocycles. The Hall–Kier alpha value is -3.00. The van der Waals surface area contributed by atoms with Gasteiger partial charge in [-0.05, 0) is 48.6 Å². The minimum atomic E-state index is -0.305. The van der Waals surface area contributed by atoms with Gasteiger partial charge in [0.25, 0.3) is 5.91 Å². The van der Waals surface area contributed by atoms with Gasteiger partial charge in [0.2, 0.25) is 4.77 Å². The van der Waals surface area contributed by atoms with E-state index in [4.69, 9.17) is 17.0 Å². The van der Waals surface area contributed by atoms with E-state index in [-0.39, 0.29) is 5.91 Å². The van der Waals surface area contributed by atoms with Gasteiger partial charge in [-0.2, -0.15) is 5.10 Å². The topological polar surface area (TPSA) is 84.8 Å². The van der Waals surface area contributed by atoms with Gasteiger partial charge in [-0.25, -0.2) is 9.77 Å². The molecule has 3 aromatic rings. The molecule has 1 aromatic carbocycles. The summed E-state index contributed by atoms with van der Waals surface area (Å²) < 4.78 is 6.79. The normalized spacial score (nSPS) is 10.3. The van der Waals surface area contributed by atoms with Crippen molar-refractivity contribution in [1.29, 1.82) is 0 Å². The largest absolute Gasteiger partial charge is 0.497 e. The summed E-state index contributed by atoms with van der Waals surface area (Å²) in [7, 11) is 1.57. The van der Waals surface area contributed by atoms with Gasteiger partial charge in [0.15, 0.2) is 5.82 Å². The van der Waals surface area contributed by atoms with Crippen LogP contribution in [0, 0.1) is 4.77 Å². The molecule has 0 unspecified atom stereocenters. The van der Waals surface area contributed by atoms with Gasteiger partial charge >= 0.3 is 0 Å². The Kier molecular flexibility index (Phi) is 4.15. The van der Waals surface area contributed by atoms with Crippen LogP contribution in [0.5, 0.6) is 5.75 Å². The Morgan fingerprint density at radius 1 is 1.22 bits per heavy atom. The van der Waals surface area contributed by atoms with Crippen LogP contribution in [0.1, 0.15) is 10.4 Å². The maximum atomic E-state index is 12.4.